The lowest BCUT2D eigenvalue weighted by Crippen LogP contribution is -2.29. The molecule has 0 bridgehead atoms. The van der Waals surface area contributed by atoms with Crippen LogP contribution in [-0.2, 0) is 17.9 Å². The number of phenols is 1. The Labute approximate surface area is 211 Å². The quantitative estimate of drug-likeness (QED) is 0.184. The normalized spacial score (nSPS) is 11.2. The molecule has 8 nitrogen and oxygen atoms in total. The number of carboxylic acid groups (broad SMARTS) is 1. The molecule has 0 saturated heterocycles. The molecular formula is C28H36N4O4. The number of hydrogen-bond donors (Lipinski definition) is 5. The van der Waals surface area contributed by atoms with Crippen LogP contribution in [0.3, 0.4) is 0 Å². The lowest BCUT2D eigenvalue weighted by Gasteiger charge is -2.03. The van der Waals surface area contributed by atoms with Gasteiger partial charge in [-0.05, 0) is 56.6 Å². The molecule has 0 spiro atoms. The number of hydrogen-bond acceptors (Lipinski definition) is 6. The Morgan fingerprint density at radius 2 is 1.64 bits per heavy atom. The van der Waals surface area contributed by atoms with E-state index in [1.165, 1.54) is 16.4 Å². The van der Waals surface area contributed by atoms with Crippen molar-refractivity contribution in [3.63, 3.8) is 0 Å². The molecule has 1 aromatic heterocycles. The van der Waals surface area contributed by atoms with E-state index in [1.54, 1.807) is 18.2 Å². The molecule has 4 rings (SSSR count). The first-order valence-electron chi connectivity index (χ1n) is 12.0. The first-order chi connectivity index (χ1) is 17.4. The summed E-state index contributed by atoms with van der Waals surface area (Å²) in [6.45, 7) is 4.07. The molecule has 192 valence electrons. The number of benzene rings is 3. The van der Waals surface area contributed by atoms with Crippen molar-refractivity contribution in [2.45, 2.75) is 45.3 Å². The van der Waals surface area contributed by atoms with Gasteiger partial charge in [0, 0.05) is 46.0 Å². The van der Waals surface area contributed by atoms with E-state index < -0.39 is 12.0 Å². The molecule has 1 heterocycles. The first-order valence-corrected chi connectivity index (χ1v) is 12.0. The summed E-state index contributed by atoms with van der Waals surface area (Å²) in [6.07, 6.45) is 3.06. The van der Waals surface area contributed by atoms with Crippen LogP contribution in [0.4, 0.5) is 0 Å². The molecule has 36 heavy (non-hydrogen) atoms. The molecule has 0 amide bonds. The van der Waals surface area contributed by atoms with Crippen LogP contribution in [0.15, 0.2) is 66.7 Å². The third-order valence-electron chi connectivity index (χ3n) is 5.75. The minimum atomic E-state index is -0.933. The van der Waals surface area contributed by atoms with Gasteiger partial charge in [-0.3, -0.25) is 9.59 Å². The number of nitrogens with two attached hydrogens (primary N) is 3. The third-order valence-corrected chi connectivity index (χ3v) is 5.75. The van der Waals surface area contributed by atoms with Crippen LogP contribution in [0.5, 0.6) is 5.75 Å². The number of aromatic hydroxyl groups is 1. The Balaban J connectivity index is 0.000000207. The molecular weight excluding hydrogens is 456 g/mol. The number of phenolic OH excluding ortho intramolecular Hbond substituents is 1. The molecule has 8 N–H and O–H groups in total. The van der Waals surface area contributed by atoms with Crippen molar-refractivity contribution in [1.82, 2.24) is 4.57 Å². The van der Waals surface area contributed by atoms with E-state index in [0.29, 0.717) is 19.5 Å². The van der Waals surface area contributed by atoms with Crippen molar-refractivity contribution in [2.24, 2.45) is 17.2 Å². The molecule has 8 heteroatoms. The van der Waals surface area contributed by atoms with Crippen molar-refractivity contribution >= 4 is 34.1 Å². The second-order valence-corrected chi connectivity index (χ2v) is 8.22. The highest BCUT2D eigenvalue weighted by Gasteiger charge is 2.10. The Hall–Kier alpha value is -3.72. The van der Waals surface area contributed by atoms with E-state index in [2.05, 4.69) is 23.6 Å². The predicted octanol–water partition coefficient (Wildman–Crippen LogP) is 4.01. The molecule has 0 aliphatic carbocycles. The van der Waals surface area contributed by atoms with E-state index in [1.807, 2.05) is 36.4 Å². The van der Waals surface area contributed by atoms with Gasteiger partial charge in [-0.25, -0.2) is 0 Å². The van der Waals surface area contributed by atoms with E-state index in [0.717, 1.165) is 42.2 Å². The predicted molar refractivity (Wildman–Crippen MR) is 145 cm³/mol. The second kappa shape index (κ2) is 14.6. The van der Waals surface area contributed by atoms with Gasteiger partial charge in [-0.1, -0.05) is 42.8 Å². The minimum absolute atomic E-state index is 0.278. The van der Waals surface area contributed by atoms with Gasteiger partial charge >= 0.3 is 5.97 Å². The number of nitrogens with zero attached hydrogens (tertiary/aromatic N) is 1. The number of aldehydes is 1. The number of carbonyl (C=O) groups is 2. The number of fused-ring (bicyclic) bond motifs is 3. The van der Waals surface area contributed by atoms with Gasteiger partial charge in [0.1, 0.15) is 18.1 Å². The van der Waals surface area contributed by atoms with Crippen molar-refractivity contribution in [1.29, 1.82) is 0 Å². The highest BCUT2D eigenvalue weighted by atomic mass is 16.4. The van der Waals surface area contributed by atoms with Gasteiger partial charge in [0.15, 0.2) is 0 Å². The number of carboxylic acids is 1. The zero-order valence-electron chi connectivity index (χ0n) is 20.6. The highest BCUT2D eigenvalue weighted by Crippen LogP contribution is 2.29. The van der Waals surface area contributed by atoms with Gasteiger partial charge < -0.3 is 32.0 Å². The zero-order valence-corrected chi connectivity index (χ0v) is 20.6. The number of aromatic nitrogens is 1. The minimum Gasteiger partial charge on any atom is -0.508 e. The Kier molecular flexibility index (Phi) is 11.6. The fraction of sp³-hybridized carbons (Fsp3) is 0.286. The van der Waals surface area contributed by atoms with Crippen LogP contribution in [0, 0.1) is 0 Å². The molecule has 0 aliphatic heterocycles. The molecule has 3 aromatic carbocycles. The van der Waals surface area contributed by atoms with Crippen LogP contribution < -0.4 is 17.2 Å². The summed E-state index contributed by atoms with van der Waals surface area (Å²) in [6, 6.07) is 20.5. The standard InChI is InChI=1S/C15H13NO.C7H9NO.C6H14N2O2/c1-2-16-14-6-4-3-5-12(14)13-9-11(10-17)7-8-15(13)16;8-5-6-3-1-2-4-7(6)9;7-4-2-1-3-5(8)6(9)10/h3-10H,2H2,1H3;1-4,9H,5,8H2;5H,1-4,7-8H2,(H,9,10)/t;;5-/m..0/s1. The smallest absolute Gasteiger partial charge is 0.320 e. The monoisotopic (exact) mass is 492 g/mol. The summed E-state index contributed by atoms with van der Waals surface area (Å²) >= 11 is 0. The van der Waals surface area contributed by atoms with Crippen LogP contribution in [0.25, 0.3) is 21.8 Å². The summed E-state index contributed by atoms with van der Waals surface area (Å²) in [7, 11) is 0. The largest absolute Gasteiger partial charge is 0.508 e. The molecule has 0 unspecified atom stereocenters. The number of carbonyl (C=O) groups excluding carboxylic acids is 1. The van der Waals surface area contributed by atoms with E-state index in [9.17, 15) is 9.59 Å². The topological polar surface area (TPSA) is 158 Å². The third kappa shape index (κ3) is 7.64. The summed E-state index contributed by atoms with van der Waals surface area (Å²) in [5.41, 5.74) is 19.7. The summed E-state index contributed by atoms with van der Waals surface area (Å²) < 4.78 is 2.28. The number of para-hydroxylation sites is 2. The van der Waals surface area contributed by atoms with Crippen molar-refractivity contribution in [3.8, 4) is 5.75 Å². The van der Waals surface area contributed by atoms with Crippen LogP contribution in [0.2, 0.25) is 0 Å². The van der Waals surface area contributed by atoms with Crippen molar-refractivity contribution in [3.05, 3.63) is 77.9 Å². The number of aliphatic carboxylic acids is 1. The lowest BCUT2D eigenvalue weighted by molar-refractivity contribution is -0.138. The van der Waals surface area contributed by atoms with Crippen LogP contribution in [0.1, 0.15) is 42.1 Å². The molecule has 0 aliphatic rings. The summed E-state index contributed by atoms with van der Waals surface area (Å²) in [5.74, 6) is -0.656. The Morgan fingerprint density at radius 3 is 2.22 bits per heavy atom. The summed E-state index contributed by atoms with van der Waals surface area (Å²) in [4.78, 5) is 21.0. The average Bonchev–Trinajstić information content (AvgIpc) is 3.22. The second-order valence-electron chi connectivity index (χ2n) is 8.22. The van der Waals surface area contributed by atoms with E-state index in [4.69, 9.17) is 27.4 Å². The molecule has 0 saturated carbocycles. The Morgan fingerprint density at radius 1 is 0.972 bits per heavy atom. The van der Waals surface area contributed by atoms with E-state index >= 15 is 0 Å². The maximum Gasteiger partial charge on any atom is 0.320 e. The first kappa shape index (κ1) is 28.5. The van der Waals surface area contributed by atoms with Crippen LogP contribution >= 0.6 is 0 Å². The van der Waals surface area contributed by atoms with E-state index in [-0.39, 0.29) is 5.75 Å². The number of aryl methyl sites for hydroxylation is 1. The van der Waals surface area contributed by atoms with Crippen LogP contribution in [-0.4, -0.2) is 39.6 Å². The van der Waals surface area contributed by atoms with Gasteiger partial charge in [0.25, 0.3) is 0 Å². The maximum absolute atomic E-state index is 10.9. The molecule has 1 atom stereocenters. The molecule has 4 aromatic rings. The maximum atomic E-state index is 10.9. The van der Waals surface area contributed by atoms with Gasteiger partial charge in [-0.15, -0.1) is 0 Å². The summed E-state index contributed by atoms with van der Waals surface area (Å²) in [5, 5.41) is 19.7. The van der Waals surface area contributed by atoms with Crippen molar-refractivity contribution < 1.29 is 19.8 Å². The lowest BCUT2D eigenvalue weighted by atomic mass is 10.1. The van der Waals surface area contributed by atoms with Crippen molar-refractivity contribution in [2.75, 3.05) is 6.54 Å². The molecule has 0 radical (unpaired) electrons. The zero-order chi connectivity index (χ0) is 26.5. The Bertz CT molecular complexity index is 1270. The fourth-order valence-electron chi connectivity index (χ4n) is 3.80. The fourth-order valence-corrected chi connectivity index (χ4v) is 3.80. The number of unbranched alkanes of at least 4 members (excludes halogenated alkanes) is 1. The van der Waals surface area contributed by atoms with Gasteiger partial charge in [0.2, 0.25) is 0 Å². The van der Waals surface area contributed by atoms with Gasteiger partial charge in [-0.2, -0.15) is 0 Å². The highest BCUT2D eigenvalue weighted by molar-refractivity contribution is 6.09. The molecule has 0 fully saturated rings. The average molecular weight is 493 g/mol. The van der Waals surface area contributed by atoms with Gasteiger partial charge in [0.05, 0.1) is 0 Å². The number of rotatable bonds is 8. The SMILES string of the molecule is CCn1c2ccccc2c2cc(C=O)ccc21.NCCCC[C@H](N)C(=O)O.NCc1ccccc1O.